The molecule has 0 atom stereocenters. The van der Waals surface area contributed by atoms with Gasteiger partial charge in [-0.3, -0.25) is 4.79 Å². The predicted molar refractivity (Wildman–Crippen MR) is 56.8 cm³/mol. The highest BCUT2D eigenvalue weighted by molar-refractivity contribution is 5.73. The summed E-state index contributed by atoms with van der Waals surface area (Å²) in [5.41, 5.74) is -0.976. The standard InChI is InChI=1S/C11H19NO2/c1-7-11(5,6)14-8-10(3,4)12-9(2)13/h1H,8H2,2-6H3,(H,12,13). The minimum atomic E-state index is -0.588. The molecular formula is C11H19NO2. The summed E-state index contributed by atoms with van der Waals surface area (Å²) in [5.74, 6) is 2.46. The fourth-order valence-corrected chi connectivity index (χ4v) is 0.915. The quantitative estimate of drug-likeness (QED) is 0.690. The molecule has 80 valence electrons. The lowest BCUT2D eigenvalue weighted by atomic mass is 10.1. The molecule has 0 saturated carbocycles. The van der Waals surface area contributed by atoms with E-state index in [1.165, 1.54) is 6.92 Å². The minimum Gasteiger partial charge on any atom is -0.361 e. The Bertz CT molecular complexity index is 249. The van der Waals surface area contributed by atoms with Gasteiger partial charge in [0.05, 0.1) is 12.1 Å². The average Bonchev–Trinajstić information content (AvgIpc) is 1.99. The van der Waals surface area contributed by atoms with Crippen LogP contribution in [0.25, 0.3) is 0 Å². The summed E-state index contributed by atoms with van der Waals surface area (Å²) in [6.07, 6.45) is 5.27. The van der Waals surface area contributed by atoms with Gasteiger partial charge in [-0.05, 0) is 27.7 Å². The van der Waals surface area contributed by atoms with Crippen molar-refractivity contribution in [3.05, 3.63) is 0 Å². The van der Waals surface area contributed by atoms with Crippen LogP contribution in [0.1, 0.15) is 34.6 Å². The normalized spacial score (nSPS) is 12.0. The number of amides is 1. The number of carbonyl (C=O) groups excluding carboxylic acids is 1. The minimum absolute atomic E-state index is 0.0721. The Morgan fingerprint density at radius 2 is 1.93 bits per heavy atom. The van der Waals surface area contributed by atoms with Crippen LogP contribution in [0.5, 0.6) is 0 Å². The monoisotopic (exact) mass is 197 g/mol. The molecule has 0 fully saturated rings. The van der Waals surface area contributed by atoms with Crippen molar-refractivity contribution in [2.24, 2.45) is 0 Å². The maximum Gasteiger partial charge on any atom is 0.217 e. The van der Waals surface area contributed by atoms with Crippen molar-refractivity contribution in [3.8, 4) is 12.3 Å². The van der Waals surface area contributed by atoms with E-state index >= 15 is 0 Å². The maximum absolute atomic E-state index is 10.8. The van der Waals surface area contributed by atoms with Crippen molar-refractivity contribution >= 4 is 5.91 Å². The fraction of sp³-hybridized carbons (Fsp3) is 0.727. The molecule has 0 unspecified atom stereocenters. The summed E-state index contributed by atoms with van der Waals surface area (Å²) in [7, 11) is 0. The zero-order valence-corrected chi connectivity index (χ0v) is 9.60. The molecule has 0 aromatic rings. The van der Waals surface area contributed by atoms with E-state index in [2.05, 4.69) is 11.2 Å². The molecule has 0 saturated heterocycles. The van der Waals surface area contributed by atoms with E-state index in [1.807, 2.05) is 27.7 Å². The SMILES string of the molecule is C#CC(C)(C)OCC(C)(C)NC(C)=O. The van der Waals surface area contributed by atoms with Crippen LogP contribution in [0.2, 0.25) is 0 Å². The van der Waals surface area contributed by atoms with Crippen LogP contribution in [0, 0.1) is 12.3 Å². The van der Waals surface area contributed by atoms with Crippen LogP contribution in [-0.2, 0) is 9.53 Å². The van der Waals surface area contributed by atoms with E-state index in [9.17, 15) is 4.79 Å². The molecule has 0 spiro atoms. The van der Waals surface area contributed by atoms with Crippen molar-refractivity contribution in [3.63, 3.8) is 0 Å². The lowest BCUT2D eigenvalue weighted by Gasteiger charge is -2.29. The first-order valence-corrected chi connectivity index (χ1v) is 4.59. The lowest BCUT2D eigenvalue weighted by Crippen LogP contribution is -2.47. The Labute approximate surface area is 86.2 Å². The van der Waals surface area contributed by atoms with E-state index in [0.29, 0.717) is 6.61 Å². The van der Waals surface area contributed by atoms with Gasteiger partial charge < -0.3 is 10.1 Å². The van der Waals surface area contributed by atoms with Gasteiger partial charge in [-0.25, -0.2) is 0 Å². The van der Waals surface area contributed by atoms with Crippen LogP contribution in [0.15, 0.2) is 0 Å². The first-order chi connectivity index (χ1) is 6.18. The number of hydrogen-bond donors (Lipinski definition) is 1. The van der Waals surface area contributed by atoms with Gasteiger partial charge in [-0.1, -0.05) is 5.92 Å². The highest BCUT2D eigenvalue weighted by Crippen LogP contribution is 2.11. The Morgan fingerprint density at radius 3 is 2.29 bits per heavy atom. The molecule has 0 bridgehead atoms. The summed E-state index contributed by atoms with van der Waals surface area (Å²) >= 11 is 0. The number of rotatable bonds is 4. The van der Waals surface area contributed by atoms with Crippen LogP contribution in [-0.4, -0.2) is 23.7 Å². The van der Waals surface area contributed by atoms with Crippen molar-refractivity contribution in [1.82, 2.24) is 5.32 Å². The van der Waals surface area contributed by atoms with Gasteiger partial charge >= 0.3 is 0 Å². The molecule has 1 N–H and O–H groups in total. The van der Waals surface area contributed by atoms with Crippen molar-refractivity contribution in [1.29, 1.82) is 0 Å². The second kappa shape index (κ2) is 4.47. The summed E-state index contributed by atoms with van der Waals surface area (Å²) in [6, 6.07) is 0. The number of ether oxygens (including phenoxy) is 1. The van der Waals surface area contributed by atoms with E-state index < -0.39 is 5.60 Å². The topological polar surface area (TPSA) is 38.3 Å². The van der Waals surface area contributed by atoms with Gasteiger partial charge in [0.15, 0.2) is 0 Å². The van der Waals surface area contributed by atoms with Crippen LogP contribution < -0.4 is 5.32 Å². The predicted octanol–water partition coefficient (Wildman–Crippen LogP) is 1.33. The Balaban J connectivity index is 4.13. The van der Waals surface area contributed by atoms with Gasteiger partial charge in [0, 0.05) is 6.92 Å². The largest absolute Gasteiger partial charge is 0.361 e. The Kier molecular flexibility index (Phi) is 4.15. The second-order valence-corrected chi connectivity index (χ2v) is 4.51. The molecule has 0 radical (unpaired) electrons. The third kappa shape index (κ3) is 5.60. The lowest BCUT2D eigenvalue weighted by molar-refractivity contribution is -0.121. The summed E-state index contributed by atoms with van der Waals surface area (Å²) in [6.45, 7) is 9.29. The van der Waals surface area contributed by atoms with Gasteiger partial charge in [0.2, 0.25) is 5.91 Å². The molecule has 3 heteroatoms. The van der Waals surface area contributed by atoms with Crippen LogP contribution >= 0.6 is 0 Å². The number of terminal acetylenes is 1. The zero-order valence-electron chi connectivity index (χ0n) is 9.60. The third-order valence-corrected chi connectivity index (χ3v) is 1.66. The summed E-state index contributed by atoms with van der Waals surface area (Å²) < 4.78 is 5.49. The molecule has 0 aromatic carbocycles. The molecule has 0 aliphatic heterocycles. The molecular weight excluding hydrogens is 178 g/mol. The van der Waals surface area contributed by atoms with E-state index in [4.69, 9.17) is 11.2 Å². The van der Waals surface area contributed by atoms with Gasteiger partial charge in [0.1, 0.15) is 5.60 Å². The maximum atomic E-state index is 10.8. The number of hydrogen-bond acceptors (Lipinski definition) is 2. The molecule has 0 aromatic heterocycles. The van der Waals surface area contributed by atoms with Gasteiger partial charge in [0.25, 0.3) is 0 Å². The molecule has 14 heavy (non-hydrogen) atoms. The first-order valence-electron chi connectivity index (χ1n) is 4.59. The molecule has 0 aliphatic carbocycles. The molecule has 0 aliphatic rings. The molecule has 1 amide bonds. The smallest absolute Gasteiger partial charge is 0.217 e. The number of nitrogens with one attached hydrogen (secondary N) is 1. The van der Waals surface area contributed by atoms with Gasteiger partial charge in [-0.2, -0.15) is 0 Å². The number of carbonyl (C=O) groups is 1. The molecule has 3 nitrogen and oxygen atoms in total. The average molecular weight is 197 g/mol. The summed E-state index contributed by atoms with van der Waals surface area (Å²) in [4.78, 5) is 10.8. The first kappa shape index (κ1) is 13.0. The summed E-state index contributed by atoms with van der Waals surface area (Å²) in [5, 5.41) is 2.78. The van der Waals surface area contributed by atoms with Gasteiger partial charge in [-0.15, -0.1) is 6.42 Å². The van der Waals surface area contributed by atoms with Crippen LogP contribution in [0.4, 0.5) is 0 Å². The zero-order chi connectivity index (χ0) is 11.4. The highest BCUT2D eigenvalue weighted by Gasteiger charge is 2.23. The third-order valence-electron chi connectivity index (χ3n) is 1.66. The van der Waals surface area contributed by atoms with E-state index in [-0.39, 0.29) is 11.4 Å². The van der Waals surface area contributed by atoms with E-state index in [0.717, 1.165) is 0 Å². The Morgan fingerprint density at radius 1 is 1.43 bits per heavy atom. The van der Waals surface area contributed by atoms with Crippen molar-refractivity contribution in [2.75, 3.05) is 6.61 Å². The fourth-order valence-electron chi connectivity index (χ4n) is 0.915. The molecule has 0 rings (SSSR count). The Hall–Kier alpha value is -1.01. The second-order valence-electron chi connectivity index (χ2n) is 4.51. The van der Waals surface area contributed by atoms with Crippen LogP contribution in [0.3, 0.4) is 0 Å². The molecule has 0 heterocycles. The van der Waals surface area contributed by atoms with Crippen molar-refractivity contribution in [2.45, 2.75) is 45.8 Å². The van der Waals surface area contributed by atoms with E-state index in [1.54, 1.807) is 0 Å². The van der Waals surface area contributed by atoms with Crippen molar-refractivity contribution < 1.29 is 9.53 Å². The highest BCUT2D eigenvalue weighted by atomic mass is 16.5.